The van der Waals surface area contributed by atoms with Crippen LogP contribution < -0.4 is 5.43 Å². The van der Waals surface area contributed by atoms with E-state index in [2.05, 4.69) is 0 Å². The molecule has 0 unspecified atom stereocenters. The lowest BCUT2D eigenvalue weighted by Gasteiger charge is -2.02. The lowest BCUT2D eigenvalue weighted by atomic mass is 10.1. The first-order chi connectivity index (χ1) is 7.50. The lowest BCUT2D eigenvalue weighted by molar-refractivity contribution is 0.0692. The van der Waals surface area contributed by atoms with Gasteiger partial charge >= 0.3 is 5.97 Å². The van der Waals surface area contributed by atoms with Gasteiger partial charge in [0.25, 0.3) is 0 Å². The quantitative estimate of drug-likeness (QED) is 0.829. The minimum Gasteiger partial charge on any atom is -0.477 e. The van der Waals surface area contributed by atoms with Gasteiger partial charge < -0.3 is 9.52 Å². The number of carbonyl (C=O) groups is 1. The van der Waals surface area contributed by atoms with Crippen molar-refractivity contribution in [1.82, 2.24) is 0 Å². The zero-order valence-corrected chi connectivity index (χ0v) is 9.04. The van der Waals surface area contributed by atoms with Gasteiger partial charge in [-0.2, -0.15) is 0 Å². The standard InChI is InChI=1S/C11H7ClO4/c1-5-9(11(14)15)10(13)7-4-6(12)2-3-8(7)16-5/h2-4H,1H3,(H,14,15). The van der Waals surface area contributed by atoms with Crippen molar-refractivity contribution in [2.45, 2.75) is 6.92 Å². The number of hydrogen-bond acceptors (Lipinski definition) is 3. The summed E-state index contributed by atoms with van der Waals surface area (Å²) in [7, 11) is 0. The Kier molecular flexibility index (Phi) is 2.44. The van der Waals surface area contributed by atoms with E-state index in [1.54, 1.807) is 6.07 Å². The lowest BCUT2D eigenvalue weighted by Crippen LogP contribution is -2.16. The molecule has 0 bridgehead atoms. The first-order valence-electron chi connectivity index (χ1n) is 4.47. The van der Waals surface area contributed by atoms with Crippen LogP contribution in [0.2, 0.25) is 5.02 Å². The van der Waals surface area contributed by atoms with E-state index < -0.39 is 11.4 Å². The van der Waals surface area contributed by atoms with Crippen LogP contribution in [-0.4, -0.2) is 11.1 Å². The van der Waals surface area contributed by atoms with Crippen molar-refractivity contribution in [3.05, 3.63) is 44.8 Å². The molecule has 0 radical (unpaired) electrons. The average Bonchev–Trinajstić information content (AvgIpc) is 2.19. The Morgan fingerprint density at radius 1 is 1.44 bits per heavy atom. The van der Waals surface area contributed by atoms with Gasteiger partial charge in [0.15, 0.2) is 0 Å². The van der Waals surface area contributed by atoms with Crippen molar-refractivity contribution in [3.8, 4) is 0 Å². The van der Waals surface area contributed by atoms with Crippen molar-refractivity contribution in [3.63, 3.8) is 0 Å². The molecule has 5 heteroatoms. The third-order valence-electron chi connectivity index (χ3n) is 2.24. The topological polar surface area (TPSA) is 67.5 Å². The molecule has 1 heterocycles. The van der Waals surface area contributed by atoms with E-state index >= 15 is 0 Å². The number of carboxylic acid groups (broad SMARTS) is 1. The van der Waals surface area contributed by atoms with E-state index in [0.717, 1.165) is 0 Å². The highest BCUT2D eigenvalue weighted by molar-refractivity contribution is 6.31. The highest BCUT2D eigenvalue weighted by Crippen LogP contribution is 2.19. The highest BCUT2D eigenvalue weighted by atomic mass is 35.5. The van der Waals surface area contributed by atoms with E-state index in [-0.39, 0.29) is 16.7 Å². The maximum atomic E-state index is 11.8. The Labute approximate surface area is 95.1 Å². The summed E-state index contributed by atoms with van der Waals surface area (Å²) < 4.78 is 5.25. The van der Waals surface area contributed by atoms with Gasteiger partial charge in [-0.25, -0.2) is 4.79 Å². The highest BCUT2D eigenvalue weighted by Gasteiger charge is 2.17. The van der Waals surface area contributed by atoms with E-state index in [4.69, 9.17) is 21.1 Å². The van der Waals surface area contributed by atoms with E-state index in [9.17, 15) is 9.59 Å². The first kappa shape index (κ1) is 10.7. The molecular weight excluding hydrogens is 232 g/mol. The number of fused-ring (bicyclic) bond motifs is 1. The van der Waals surface area contributed by atoms with Gasteiger partial charge in [0, 0.05) is 5.02 Å². The maximum Gasteiger partial charge on any atom is 0.343 e. The Hall–Kier alpha value is -1.81. The SMILES string of the molecule is Cc1oc2ccc(Cl)cc2c(=O)c1C(=O)O. The zero-order chi connectivity index (χ0) is 11.9. The smallest absolute Gasteiger partial charge is 0.343 e. The predicted molar refractivity (Wildman–Crippen MR) is 59.2 cm³/mol. The molecule has 0 aliphatic carbocycles. The minimum absolute atomic E-state index is 0.0901. The van der Waals surface area contributed by atoms with Gasteiger partial charge in [-0.3, -0.25) is 4.79 Å². The summed E-state index contributed by atoms with van der Waals surface area (Å²) >= 11 is 5.73. The number of carboxylic acids is 1. The Morgan fingerprint density at radius 3 is 2.75 bits per heavy atom. The molecule has 0 saturated carbocycles. The molecule has 0 aliphatic heterocycles. The molecule has 82 valence electrons. The van der Waals surface area contributed by atoms with Gasteiger partial charge in [0.1, 0.15) is 16.9 Å². The zero-order valence-electron chi connectivity index (χ0n) is 8.28. The normalized spacial score (nSPS) is 10.6. The number of aromatic carboxylic acids is 1. The molecule has 2 aromatic rings. The summed E-state index contributed by atoms with van der Waals surface area (Å²) in [5.74, 6) is -1.21. The van der Waals surface area contributed by atoms with Crippen molar-refractivity contribution in [2.24, 2.45) is 0 Å². The molecule has 0 spiro atoms. The van der Waals surface area contributed by atoms with Gasteiger partial charge in [-0.15, -0.1) is 0 Å². The van der Waals surface area contributed by atoms with Gasteiger partial charge in [-0.05, 0) is 25.1 Å². The molecule has 1 aromatic heterocycles. The van der Waals surface area contributed by atoms with Crippen LogP contribution in [-0.2, 0) is 0 Å². The van der Waals surface area contributed by atoms with Crippen LogP contribution in [0.15, 0.2) is 27.4 Å². The fourth-order valence-electron chi connectivity index (χ4n) is 1.53. The van der Waals surface area contributed by atoms with Gasteiger partial charge in [0.2, 0.25) is 5.43 Å². The van der Waals surface area contributed by atoms with Gasteiger partial charge in [0.05, 0.1) is 5.39 Å². The molecule has 1 aromatic carbocycles. The molecular formula is C11H7ClO4. The monoisotopic (exact) mass is 238 g/mol. The molecule has 0 aliphatic rings. The van der Waals surface area contributed by atoms with E-state index in [0.29, 0.717) is 10.6 Å². The molecule has 2 rings (SSSR count). The summed E-state index contributed by atoms with van der Waals surface area (Å²) in [6.45, 7) is 1.44. The second-order valence-corrected chi connectivity index (χ2v) is 3.74. The van der Waals surface area contributed by atoms with Crippen LogP contribution in [0.5, 0.6) is 0 Å². The first-order valence-corrected chi connectivity index (χ1v) is 4.85. The fraction of sp³-hybridized carbons (Fsp3) is 0.0909. The minimum atomic E-state index is -1.30. The average molecular weight is 239 g/mol. The Bertz CT molecular complexity index is 642. The van der Waals surface area contributed by atoms with E-state index in [1.165, 1.54) is 19.1 Å². The van der Waals surface area contributed by atoms with Crippen LogP contribution in [0, 0.1) is 6.92 Å². The van der Waals surface area contributed by atoms with Crippen molar-refractivity contribution in [2.75, 3.05) is 0 Å². The fourth-order valence-corrected chi connectivity index (χ4v) is 1.70. The van der Waals surface area contributed by atoms with E-state index in [1.807, 2.05) is 0 Å². The number of aryl methyl sites for hydroxylation is 1. The van der Waals surface area contributed by atoms with Crippen LogP contribution in [0.1, 0.15) is 16.1 Å². The van der Waals surface area contributed by atoms with Gasteiger partial charge in [-0.1, -0.05) is 11.6 Å². The number of benzene rings is 1. The molecule has 16 heavy (non-hydrogen) atoms. The molecule has 0 fully saturated rings. The molecule has 0 atom stereocenters. The number of rotatable bonds is 1. The van der Waals surface area contributed by atoms with Crippen LogP contribution in [0.3, 0.4) is 0 Å². The molecule has 0 saturated heterocycles. The summed E-state index contributed by atoms with van der Waals surface area (Å²) in [4.78, 5) is 22.7. The van der Waals surface area contributed by atoms with Crippen LogP contribution in [0.4, 0.5) is 0 Å². The molecule has 1 N–H and O–H groups in total. The summed E-state index contributed by atoms with van der Waals surface area (Å²) in [5.41, 5.74) is -0.597. The summed E-state index contributed by atoms with van der Waals surface area (Å²) in [6, 6.07) is 4.51. The van der Waals surface area contributed by atoms with Crippen molar-refractivity contribution >= 4 is 28.5 Å². The van der Waals surface area contributed by atoms with Crippen molar-refractivity contribution < 1.29 is 14.3 Å². The summed E-state index contributed by atoms with van der Waals surface area (Å²) in [6.07, 6.45) is 0. The largest absolute Gasteiger partial charge is 0.477 e. The molecule has 4 nitrogen and oxygen atoms in total. The number of halogens is 1. The Balaban J connectivity index is 2.96. The summed E-state index contributed by atoms with van der Waals surface area (Å²) in [5, 5.41) is 9.42. The van der Waals surface area contributed by atoms with Crippen LogP contribution in [0.25, 0.3) is 11.0 Å². The second-order valence-electron chi connectivity index (χ2n) is 3.31. The van der Waals surface area contributed by atoms with Crippen LogP contribution >= 0.6 is 11.6 Å². The third kappa shape index (κ3) is 1.57. The molecule has 0 amide bonds. The number of hydrogen-bond donors (Lipinski definition) is 1. The maximum absolute atomic E-state index is 11.8. The predicted octanol–water partition coefficient (Wildman–Crippen LogP) is 2.45. The third-order valence-corrected chi connectivity index (χ3v) is 2.48. The van der Waals surface area contributed by atoms with Crippen molar-refractivity contribution in [1.29, 1.82) is 0 Å². The second kappa shape index (κ2) is 3.64. The Morgan fingerprint density at radius 2 is 2.12 bits per heavy atom.